The largest absolute Gasteiger partial charge is 0.494 e. The van der Waals surface area contributed by atoms with Crippen molar-refractivity contribution < 1.29 is 9.53 Å². The first-order valence-electron chi connectivity index (χ1n) is 11.0. The fourth-order valence-electron chi connectivity index (χ4n) is 3.95. The SMILES string of the molecule is CCOc1ccc(-n2c(SCC(=O)NC(C)(C)C)nc3sc4c(c3c2=O)CCCC4)cc1. The van der Waals surface area contributed by atoms with E-state index in [4.69, 9.17) is 9.72 Å². The number of nitrogens with zero attached hydrogens (tertiary/aromatic N) is 2. The van der Waals surface area contributed by atoms with E-state index in [1.807, 2.05) is 52.0 Å². The van der Waals surface area contributed by atoms with Gasteiger partial charge in [0.25, 0.3) is 5.56 Å². The van der Waals surface area contributed by atoms with Gasteiger partial charge in [-0.1, -0.05) is 11.8 Å². The lowest BCUT2D eigenvalue weighted by Gasteiger charge is -2.20. The van der Waals surface area contributed by atoms with Crippen molar-refractivity contribution in [1.82, 2.24) is 14.9 Å². The number of carbonyl (C=O) groups excluding carboxylic acids is 1. The minimum atomic E-state index is -0.309. The fourth-order valence-corrected chi connectivity index (χ4v) is 6.07. The lowest BCUT2D eigenvalue weighted by atomic mass is 9.97. The molecule has 0 unspecified atom stereocenters. The minimum Gasteiger partial charge on any atom is -0.494 e. The molecule has 4 rings (SSSR count). The van der Waals surface area contributed by atoms with Crippen LogP contribution in [0.1, 0.15) is 51.0 Å². The molecule has 0 aliphatic heterocycles. The lowest BCUT2D eigenvalue weighted by Crippen LogP contribution is -2.41. The second kappa shape index (κ2) is 9.27. The van der Waals surface area contributed by atoms with E-state index < -0.39 is 0 Å². The number of thioether (sulfide) groups is 1. The third-order valence-electron chi connectivity index (χ3n) is 5.21. The maximum absolute atomic E-state index is 13.8. The molecule has 1 aliphatic carbocycles. The standard InChI is InChI=1S/C24H29N3O3S2/c1-5-30-16-12-10-15(11-13-16)27-22(29)20-17-8-6-7-9-18(17)32-21(20)25-23(27)31-14-19(28)26-24(2,3)4/h10-13H,5-9,14H2,1-4H3,(H,26,28). The maximum atomic E-state index is 13.8. The number of benzene rings is 1. The van der Waals surface area contributed by atoms with Crippen LogP contribution < -0.4 is 15.6 Å². The summed E-state index contributed by atoms with van der Waals surface area (Å²) in [5, 5.41) is 4.25. The van der Waals surface area contributed by atoms with Crippen molar-refractivity contribution >= 4 is 39.2 Å². The Hall–Kier alpha value is -2.32. The van der Waals surface area contributed by atoms with Gasteiger partial charge in [0.1, 0.15) is 10.6 Å². The Morgan fingerprint density at radius 1 is 1.22 bits per heavy atom. The molecule has 2 heterocycles. The second-order valence-corrected chi connectivity index (χ2v) is 11.0. The summed E-state index contributed by atoms with van der Waals surface area (Å²) in [6.45, 7) is 8.37. The zero-order chi connectivity index (χ0) is 22.9. The molecule has 170 valence electrons. The van der Waals surface area contributed by atoms with Crippen LogP contribution >= 0.6 is 23.1 Å². The van der Waals surface area contributed by atoms with Crippen molar-refractivity contribution in [3.05, 3.63) is 45.1 Å². The zero-order valence-electron chi connectivity index (χ0n) is 19.0. The predicted molar refractivity (Wildman–Crippen MR) is 132 cm³/mol. The Bertz CT molecular complexity index is 1190. The average molecular weight is 472 g/mol. The highest BCUT2D eigenvalue weighted by Crippen LogP contribution is 2.35. The van der Waals surface area contributed by atoms with E-state index in [2.05, 4.69) is 5.32 Å². The molecule has 1 amide bonds. The molecule has 6 nitrogen and oxygen atoms in total. The van der Waals surface area contributed by atoms with Crippen LogP contribution in [0.4, 0.5) is 0 Å². The van der Waals surface area contributed by atoms with Crippen LogP contribution in [-0.4, -0.2) is 33.4 Å². The Balaban J connectivity index is 1.79. The molecule has 0 spiro atoms. The molecular formula is C24H29N3O3S2. The van der Waals surface area contributed by atoms with E-state index >= 15 is 0 Å². The molecule has 0 radical (unpaired) electrons. The van der Waals surface area contributed by atoms with Gasteiger partial charge < -0.3 is 10.1 Å². The van der Waals surface area contributed by atoms with Crippen molar-refractivity contribution in [1.29, 1.82) is 0 Å². The number of nitrogens with one attached hydrogen (secondary N) is 1. The van der Waals surface area contributed by atoms with Gasteiger partial charge in [-0.05, 0) is 83.2 Å². The molecule has 1 N–H and O–H groups in total. The van der Waals surface area contributed by atoms with E-state index in [-0.39, 0.29) is 22.8 Å². The molecule has 1 aliphatic rings. The molecule has 2 aromatic heterocycles. The monoisotopic (exact) mass is 471 g/mol. The molecule has 3 aromatic rings. The van der Waals surface area contributed by atoms with Gasteiger partial charge in [-0.3, -0.25) is 14.2 Å². The van der Waals surface area contributed by atoms with Gasteiger partial charge in [-0.15, -0.1) is 11.3 Å². The number of hydrogen-bond donors (Lipinski definition) is 1. The summed E-state index contributed by atoms with van der Waals surface area (Å²) in [6, 6.07) is 7.47. The van der Waals surface area contributed by atoms with Crippen LogP contribution in [0.15, 0.2) is 34.2 Å². The highest BCUT2D eigenvalue weighted by Gasteiger charge is 2.23. The van der Waals surface area contributed by atoms with Gasteiger partial charge in [0.2, 0.25) is 5.91 Å². The van der Waals surface area contributed by atoms with E-state index in [1.54, 1.807) is 15.9 Å². The molecule has 0 bridgehead atoms. The number of hydrogen-bond acceptors (Lipinski definition) is 6. The fraction of sp³-hybridized carbons (Fsp3) is 0.458. The molecule has 1 aromatic carbocycles. The van der Waals surface area contributed by atoms with Crippen LogP contribution in [0.25, 0.3) is 15.9 Å². The van der Waals surface area contributed by atoms with Crippen molar-refractivity contribution in [2.45, 2.75) is 64.1 Å². The maximum Gasteiger partial charge on any atom is 0.267 e. The molecule has 0 saturated carbocycles. The van der Waals surface area contributed by atoms with E-state index in [0.717, 1.165) is 52.9 Å². The number of aryl methyl sites for hydroxylation is 2. The second-order valence-electron chi connectivity index (χ2n) is 8.94. The first-order chi connectivity index (χ1) is 15.3. The number of thiophene rings is 1. The number of amides is 1. The summed E-state index contributed by atoms with van der Waals surface area (Å²) in [4.78, 5) is 33.1. The normalized spacial score (nSPS) is 13.8. The number of aromatic nitrogens is 2. The Morgan fingerprint density at radius 2 is 1.94 bits per heavy atom. The Labute approximate surface area is 196 Å². The quantitative estimate of drug-likeness (QED) is 0.416. The molecule has 0 saturated heterocycles. The number of fused-ring (bicyclic) bond motifs is 3. The zero-order valence-corrected chi connectivity index (χ0v) is 20.6. The van der Waals surface area contributed by atoms with E-state index in [0.29, 0.717) is 11.8 Å². The summed E-state index contributed by atoms with van der Waals surface area (Å²) >= 11 is 2.92. The van der Waals surface area contributed by atoms with Crippen LogP contribution in [0, 0.1) is 0 Å². The number of rotatable bonds is 6. The van der Waals surface area contributed by atoms with Crippen molar-refractivity contribution in [2.75, 3.05) is 12.4 Å². The minimum absolute atomic E-state index is 0.0581. The molecule has 32 heavy (non-hydrogen) atoms. The topological polar surface area (TPSA) is 73.2 Å². The van der Waals surface area contributed by atoms with Crippen LogP contribution in [0.5, 0.6) is 5.75 Å². The first kappa shape index (κ1) is 22.9. The van der Waals surface area contributed by atoms with Gasteiger partial charge in [0.05, 0.1) is 23.4 Å². The third-order valence-corrected chi connectivity index (χ3v) is 7.34. The molecule has 8 heteroatoms. The Morgan fingerprint density at radius 3 is 2.62 bits per heavy atom. The van der Waals surface area contributed by atoms with Crippen molar-refractivity contribution in [3.63, 3.8) is 0 Å². The van der Waals surface area contributed by atoms with Gasteiger partial charge in [-0.25, -0.2) is 4.98 Å². The van der Waals surface area contributed by atoms with Gasteiger partial charge in [0, 0.05) is 10.4 Å². The lowest BCUT2D eigenvalue weighted by molar-refractivity contribution is -0.119. The van der Waals surface area contributed by atoms with Crippen LogP contribution in [0.3, 0.4) is 0 Å². The summed E-state index contributed by atoms with van der Waals surface area (Å²) < 4.78 is 7.20. The third kappa shape index (κ3) is 4.86. The summed E-state index contributed by atoms with van der Waals surface area (Å²) in [5.74, 6) is 0.864. The molecule has 0 atom stereocenters. The number of ether oxygens (including phenoxy) is 1. The molecule has 0 fully saturated rings. The smallest absolute Gasteiger partial charge is 0.267 e. The predicted octanol–water partition coefficient (Wildman–Crippen LogP) is 4.73. The van der Waals surface area contributed by atoms with Gasteiger partial charge in [-0.2, -0.15) is 0 Å². The number of carbonyl (C=O) groups is 1. The molecular weight excluding hydrogens is 442 g/mol. The van der Waals surface area contributed by atoms with E-state index in [9.17, 15) is 9.59 Å². The summed E-state index contributed by atoms with van der Waals surface area (Å²) in [5.41, 5.74) is 1.52. The van der Waals surface area contributed by atoms with E-state index in [1.165, 1.54) is 16.6 Å². The van der Waals surface area contributed by atoms with Crippen molar-refractivity contribution in [3.8, 4) is 11.4 Å². The highest BCUT2D eigenvalue weighted by molar-refractivity contribution is 7.99. The van der Waals surface area contributed by atoms with Gasteiger partial charge in [0.15, 0.2) is 5.16 Å². The summed E-state index contributed by atoms with van der Waals surface area (Å²) in [7, 11) is 0. The summed E-state index contributed by atoms with van der Waals surface area (Å²) in [6.07, 6.45) is 4.19. The van der Waals surface area contributed by atoms with Crippen molar-refractivity contribution in [2.24, 2.45) is 0 Å². The van der Waals surface area contributed by atoms with Gasteiger partial charge >= 0.3 is 0 Å². The van der Waals surface area contributed by atoms with Crippen LogP contribution in [0.2, 0.25) is 0 Å². The average Bonchev–Trinajstić information content (AvgIpc) is 3.11. The van der Waals surface area contributed by atoms with Crippen LogP contribution in [-0.2, 0) is 17.6 Å². The highest BCUT2D eigenvalue weighted by atomic mass is 32.2. The first-order valence-corrected chi connectivity index (χ1v) is 12.8. The Kier molecular flexibility index (Phi) is 6.62.